The van der Waals surface area contributed by atoms with Gasteiger partial charge in [-0.25, -0.2) is 0 Å². The van der Waals surface area contributed by atoms with Crippen molar-refractivity contribution in [1.82, 2.24) is 19.6 Å². The zero-order valence-corrected chi connectivity index (χ0v) is 33.9. The number of hydrogen-bond donors (Lipinski definition) is 2. The Morgan fingerprint density at radius 1 is 0.550 bits per heavy atom. The van der Waals surface area contributed by atoms with E-state index in [1.165, 1.54) is 36.4 Å². The van der Waals surface area contributed by atoms with Crippen molar-refractivity contribution in [2.45, 2.75) is 39.3 Å². The van der Waals surface area contributed by atoms with Crippen molar-refractivity contribution >= 4 is 23.2 Å². The van der Waals surface area contributed by atoms with Crippen LogP contribution in [-0.4, -0.2) is 97.9 Å². The highest BCUT2D eigenvalue weighted by Gasteiger charge is 2.35. The first-order valence-corrected chi connectivity index (χ1v) is 19.5. The molecule has 2 saturated heterocycles. The lowest BCUT2D eigenvalue weighted by Gasteiger charge is -2.33. The fourth-order valence-electron chi connectivity index (χ4n) is 7.01. The number of alkyl halides is 6. The topological polar surface area (TPSA) is 71.2 Å². The molecule has 0 saturated carbocycles. The van der Waals surface area contributed by atoms with Crippen LogP contribution in [0.4, 0.5) is 37.7 Å². The van der Waals surface area contributed by atoms with E-state index in [0.29, 0.717) is 37.3 Å². The minimum atomic E-state index is -4.61. The second kappa shape index (κ2) is 18.7. The lowest BCUT2D eigenvalue weighted by atomic mass is 10.0. The Bertz CT molecular complexity index is 2190. The predicted molar refractivity (Wildman–Crippen MR) is 220 cm³/mol. The standard InChI is InChI=1S/C46H46F6N6O2/c1-31-9-11-35(43(59)53-39-15-13-37(41(27-39)45(47,48)49)29-57-21-17-55(3)18-22-57)25-33(31)7-5-6-8-34-26-36(12-10-32(34)2)44(60)54-40-16-14-38(42(28-40)46(50,51)52)30-58-23-19-56(4)20-24-58/h9-16,25-28H,17-24,29-30H2,1-4H3,(H,53,59)(H,54,60). The van der Waals surface area contributed by atoms with Crippen molar-refractivity contribution in [2.75, 3.05) is 77.1 Å². The molecule has 4 aromatic rings. The number of likely N-dealkylation sites (N-methyl/N-ethyl adjacent to an activating group) is 2. The molecule has 2 heterocycles. The van der Waals surface area contributed by atoms with E-state index < -0.39 is 35.3 Å². The molecule has 8 nitrogen and oxygen atoms in total. The van der Waals surface area contributed by atoms with Gasteiger partial charge < -0.3 is 20.4 Å². The molecule has 0 aromatic heterocycles. The normalized spacial score (nSPS) is 15.7. The van der Waals surface area contributed by atoms with E-state index in [1.54, 1.807) is 38.1 Å². The summed E-state index contributed by atoms with van der Waals surface area (Å²) in [6, 6.07) is 17.2. The van der Waals surface area contributed by atoms with Gasteiger partial charge in [0.05, 0.1) is 11.1 Å². The summed E-state index contributed by atoms with van der Waals surface area (Å²) in [6.07, 6.45) is -9.21. The summed E-state index contributed by atoms with van der Waals surface area (Å²) in [7, 11) is 3.95. The average Bonchev–Trinajstić information content (AvgIpc) is 3.19. The molecule has 0 aliphatic carbocycles. The van der Waals surface area contributed by atoms with E-state index in [9.17, 15) is 35.9 Å². The maximum Gasteiger partial charge on any atom is 0.416 e. The minimum Gasteiger partial charge on any atom is -0.322 e. The Morgan fingerprint density at radius 3 is 1.27 bits per heavy atom. The molecule has 60 heavy (non-hydrogen) atoms. The molecular formula is C46H46F6N6O2. The smallest absolute Gasteiger partial charge is 0.322 e. The number of carbonyl (C=O) groups is 2. The number of benzene rings is 4. The van der Waals surface area contributed by atoms with Gasteiger partial charge in [-0.3, -0.25) is 19.4 Å². The van der Waals surface area contributed by atoms with E-state index in [-0.39, 0.29) is 46.7 Å². The van der Waals surface area contributed by atoms with Crippen LogP contribution in [0.1, 0.15) is 65.2 Å². The molecule has 4 aromatic carbocycles. The first-order valence-electron chi connectivity index (χ1n) is 19.5. The number of anilines is 2. The number of hydrogen-bond acceptors (Lipinski definition) is 6. The van der Waals surface area contributed by atoms with Gasteiger partial charge in [-0.15, -0.1) is 0 Å². The van der Waals surface area contributed by atoms with Gasteiger partial charge in [-0.05, 0) is 111 Å². The van der Waals surface area contributed by atoms with Crippen molar-refractivity contribution in [3.8, 4) is 23.7 Å². The molecule has 0 unspecified atom stereocenters. The third-order valence-corrected chi connectivity index (χ3v) is 10.8. The van der Waals surface area contributed by atoms with Gasteiger partial charge in [0, 0.05) is 99.1 Å². The molecule has 314 valence electrons. The van der Waals surface area contributed by atoms with E-state index in [1.807, 2.05) is 23.9 Å². The Balaban J connectivity index is 1.12. The molecule has 0 radical (unpaired) electrons. The number of nitrogens with one attached hydrogen (secondary N) is 2. The van der Waals surface area contributed by atoms with E-state index >= 15 is 0 Å². The molecule has 2 N–H and O–H groups in total. The van der Waals surface area contributed by atoms with Gasteiger partial charge in [-0.2, -0.15) is 26.3 Å². The van der Waals surface area contributed by atoms with Crippen LogP contribution in [0.25, 0.3) is 0 Å². The Hall–Kier alpha value is -5.64. The SMILES string of the molecule is Cc1ccc(C(=O)Nc2ccc(CN3CCN(C)CC3)c(C(F)(F)F)c2)cc1C#CC#Cc1cc(C(=O)Nc2ccc(CN3CCN(C)CC3)c(C(F)(F)F)c2)ccc1C. The van der Waals surface area contributed by atoms with Crippen molar-refractivity contribution in [2.24, 2.45) is 0 Å². The maximum atomic E-state index is 14.1. The monoisotopic (exact) mass is 828 g/mol. The predicted octanol–water partition coefficient (Wildman–Crippen LogP) is 7.74. The van der Waals surface area contributed by atoms with Crippen LogP contribution in [0.15, 0.2) is 72.8 Å². The highest BCUT2D eigenvalue weighted by Crippen LogP contribution is 2.36. The van der Waals surface area contributed by atoms with Crippen molar-refractivity contribution in [1.29, 1.82) is 0 Å². The van der Waals surface area contributed by atoms with E-state index in [2.05, 4.69) is 44.1 Å². The fraction of sp³-hybridized carbons (Fsp3) is 0.348. The van der Waals surface area contributed by atoms with Gasteiger partial charge >= 0.3 is 12.4 Å². The molecule has 2 aliphatic rings. The zero-order valence-electron chi connectivity index (χ0n) is 33.9. The van der Waals surface area contributed by atoms with E-state index in [4.69, 9.17) is 0 Å². The van der Waals surface area contributed by atoms with Gasteiger partial charge in [-0.1, -0.05) is 36.1 Å². The van der Waals surface area contributed by atoms with Crippen LogP contribution in [-0.2, 0) is 25.4 Å². The van der Waals surface area contributed by atoms with Gasteiger partial charge in [0.1, 0.15) is 0 Å². The van der Waals surface area contributed by atoms with Crippen molar-refractivity contribution in [3.05, 3.63) is 128 Å². The number of aryl methyl sites for hydroxylation is 2. The third kappa shape index (κ3) is 11.5. The van der Waals surface area contributed by atoms with Crippen LogP contribution in [0, 0.1) is 37.5 Å². The molecule has 0 atom stereocenters. The summed E-state index contributed by atoms with van der Waals surface area (Å²) in [5.41, 5.74) is 1.54. The quantitative estimate of drug-likeness (QED) is 0.140. The van der Waals surface area contributed by atoms with Crippen LogP contribution in [0.2, 0.25) is 0 Å². The fourth-order valence-corrected chi connectivity index (χ4v) is 7.01. The van der Waals surface area contributed by atoms with Crippen LogP contribution in [0.3, 0.4) is 0 Å². The maximum absolute atomic E-state index is 14.1. The summed E-state index contributed by atoms with van der Waals surface area (Å²) in [5.74, 6) is 10.2. The van der Waals surface area contributed by atoms with Crippen LogP contribution >= 0.6 is 0 Å². The molecule has 2 aliphatic heterocycles. The van der Waals surface area contributed by atoms with Gasteiger partial charge in [0.25, 0.3) is 11.8 Å². The zero-order chi connectivity index (χ0) is 43.2. The second-order valence-electron chi connectivity index (χ2n) is 15.4. The second-order valence-corrected chi connectivity index (χ2v) is 15.4. The number of rotatable bonds is 8. The van der Waals surface area contributed by atoms with Gasteiger partial charge in [0.15, 0.2) is 0 Å². The Morgan fingerprint density at radius 2 is 0.917 bits per heavy atom. The third-order valence-electron chi connectivity index (χ3n) is 10.8. The largest absolute Gasteiger partial charge is 0.416 e. The van der Waals surface area contributed by atoms with Crippen molar-refractivity contribution in [3.63, 3.8) is 0 Å². The Kier molecular flexibility index (Phi) is 13.7. The molecule has 2 amide bonds. The summed E-state index contributed by atoms with van der Waals surface area (Å²) in [4.78, 5) is 34.7. The highest BCUT2D eigenvalue weighted by atomic mass is 19.4. The molecule has 2 fully saturated rings. The molecule has 14 heteroatoms. The summed E-state index contributed by atoms with van der Waals surface area (Å²) < 4.78 is 84.7. The molecule has 0 spiro atoms. The Labute approximate surface area is 346 Å². The minimum absolute atomic E-state index is 0.0143. The number of carbonyl (C=O) groups excluding carboxylic acids is 2. The lowest BCUT2D eigenvalue weighted by molar-refractivity contribution is -0.139. The molecule has 0 bridgehead atoms. The summed E-state index contributed by atoms with van der Waals surface area (Å²) >= 11 is 0. The van der Waals surface area contributed by atoms with Crippen LogP contribution < -0.4 is 10.6 Å². The molecular weight excluding hydrogens is 783 g/mol. The first-order chi connectivity index (χ1) is 28.4. The number of halogens is 6. The molecule has 6 rings (SSSR count). The average molecular weight is 829 g/mol. The summed E-state index contributed by atoms with van der Waals surface area (Å²) in [5, 5.41) is 5.17. The summed E-state index contributed by atoms with van der Waals surface area (Å²) in [6.45, 7) is 9.63. The van der Waals surface area contributed by atoms with Crippen molar-refractivity contribution < 1.29 is 35.9 Å². The van der Waals surface area contributed by atoms with Crippen LogP contribution in [0.5, 0.6) is 0 Å². The number of nitrogens with zero attached hydrogens (tertiary/aromatic N) is 4. The van der Waals surface area contributed by atoms with E-state index in [0.717, 1.165) is 49.4 Å². The lowest BCUT2D eigenvalue weighted by Crippen LogP contribution is -2.44. The van der Waals surface area contributed by atoms with Gasteiger partial charge in [0.2, 0.25) is 0 Å². The highest BCUT2D eigenvalue weighted by molar-refractivity contribution is 6.05. The number of amides is 2. The number of piperazine rings is 2. The first kappa shape index (κ1) is 43.9.